The molecule has 0 N–H and O–H groups in total. The maximum Gasteiger partial charge on any atom is 0.119 e. The van der Waals surface area contributed by atoms with Crippen LogP contribution in [0.2, 0.25) is 0 Å². The van der Waals surface area contributed by atoms with Crippen LogP contribution in [0, 0.1) is 0 Å². The minimum absolute atomic E-state index is 0.901. The molecule has 0 unspecified atom stereocenters. The minimum Gasteiger partial charge on any atom is -0.497 e. The predicted octanol–water partition coefficient (Wildman–Crippen LogP) is 5.15. The van der Waals surface area contributed by atoms with Gasteiger partial charge in [0.05, 0.1) is 7.11 Å². The van der Waals surface area contributed by atoms with Gasteiger partial charge in [0.2, 0.25) is 0 Å². The zero-order chi connectivity index (χ0) is 13.5. The first kappa shape index (κ1) is 11.3. The van der Waals surface area contributed by atoms with Crippen molar-refractivity contribution in [1.29, 1.82) is 0 Å². The van der Waals surface area contributed by atoms with E-state index < -0.39 is 0 Å². The number of hydrogen-bond donors (Lipinski definition) is 0. The van der Waals surface area contributed by atoms with Gasteiger partial charge in [-0.25, -0.2) is 0 Å². The van der Waals surface area contributed by atoms with Crippen molar-refractivity contribution in [2.75, 3.05) is 7.11 Å². The van der Waals surface area contributed by atoms with Gasteiger partial charge < -0.3 is 4.74 Å². The lowest BCUT2D eigenvalue weighted by molar-refractivity contribution is 0.415. The van der Waals surface area contributed by atoms with Crippen LogP contribution in [-0.4, -0.2) is 7.11 Å². The van der Waals surface area contributed by atoms with Gasteiger partial charge in [0, 0.05) is 0 Å². The van der Waals surface area contributed by atoms with Crippen LogP contribution in [-0.2, 0) is 0 Å². The first-order chi connectivity index (χ1) is 9.83. The summed E-state index contributed by atoms with van der Waals surface area (Å²) >= 11 is 0. The lowest BCUT2D eigenvalue weighted by atomic mass is 10.00. The van der Waals surface area contributed by atoms with Gasteiger partial charge in [-0.2, -0.15) is 0 Å². The standard InChI is InChI=1S/C19H14O/c1-20-19-7-6-15-10-16-8-13-4-2-3-5-14(13)9-17(16)11-18(15)12-19/h2-12H,1H3. The third-order valence-corrected chi connectivity index (χ3v) is 3.87. The average molecular weight is 258 g/mol. The molecule has 4 aromatic rings. The Hall–Kier alpha value is -2.54. The third-order valence-electron chi connectivity index (χ3n) is 3.87. The van der Waals surface area contributed by atoms with Crippen molar-refractivity contribution in [2.24, 2.45) is 0 Å². The zero-order valence-corrected chi connectivity index (χ0v) is 11.3. The Morgan fingerprint density at radius 1 is 0.550 bits per heavy atom. The number of fused-ring (bicyclic) bond motifs is 3. The van der Waals surface area contributed by atoms with Crippen molar-refractivity contribution >= 4 is 32.3 Å². The van der Waals surface area contributed by atoms with E-state index in [0.29, 0.717) is 0 Å². The van der Waals surface area contributed by atoms with E-state index in [2.05, 4.69) is 60.7 Å². The van der Waals surface area contributed by atoms with E-state index >= 15 is 0 Å². The van der Waals surface area contributed by atoms with E-state index in [1.807, 2.05) is 6.07 Å². The molecular formula is C19H14O. The largest absolute Gasteiger partial charge is 0.497 e. The molecule has 0 atom stereocenters. The summed E-state index contributed by atoms with van der Waals surface area (Å²) in [4.78, 5) is 0. The molecule has 0 aliphatic rings. The van der Waals surface area contributed by atoms with Gasteiger partial charge in [-0.15, -0.1) is 0 Å². The number of methoxy groups -OCH3 is 1. The lowest BCUT2D eigenvalue weighted by Gasteiger charge is -2.06. The number of benzene rings is 4. The van der Waals surface area contributed by atoms with Gasteiger partial charge in [0.1, 0.15) is 5.75 Å². The SMILES string of the molecule is COc1ccc2cc3cc4ccccc4cc3cc2c1. The third kappa shape index (κ3) is 1.71. The van der Waals surface area contributed by atoms with Crippen LogP contribution in [0.25, 0.3) is 32.3 Å². The molecule has 96 valence electrons. The molecule has 0 radical (unpaired) electrons. The molecular weight excluding hydrogens is 244 g/mol. The Morgan fingerprint density at radius 3 is 1.65 bits per heavy atom. The van der Waals surface area contributed by atoms with Crippen LogP contribution in [0.1, 0.15) is 0 Å². The van der Waals surface area contributed by atoms with Gasteiger partial charge in [-0.1, -0.05) is 30.3 Å². The molecule has 4 aromatic carbocycles. The van der Waals surface area contributed by atoms with Crippen LogP contribution in [0.3, 0.4) is 0 Å². The highest BCUT2D eigenvalue weighted by atomic mass is 16.5. The molecule has 0 saturated carbocycles. The summed E-state index contributed by atoms with van der Waals surface area (Å²) in [5.74, 6) is 0.901. The van der Waals surface area contributed by atoms with Gasteiger partial charge in [0.15, 0.2) is 0 Å². The summed E-state index contributed by atoms with van der Waals surface area (Å²) in [6.45, 7) is 0. The van der Waals surface area contributed by atoms with Crippen molar-refractivity contribution in [3.05, 3.63) is 66.7 Å². The van der Waals surface area contributed by atoms with E-state index in [0.717, 1.165) is 5.75 Å². The molecule has 0 heterocycles. The Labute approximate surface area is 117 Å². The average Bonchev–Trinajstić information content (AvgIpc) is 2.50. The van der Waals surface area contributed by atoms with E-state index in [9.17, 15) is 0 Å². The normalized spacial score (nSPS) is 11.2. The predicted molar refractivity (Wildman–Crippen MR) is 85.5 cm³/mol. The maximum atomic E-state index is 5.30. The molecule has 0 saturated heterocycles. The van der Waals surface area contributed by atoms with Crippen LogP contribution >= 0.6 is 0 Å². The van der Waals surface area contributed by atoms with Crippen LogP contribution in [0.5, 0.6) is 5.75 Å². The Kier molecular flexibility index (Phi) is 2.40. The lowest BCUT2D eigenvalue weighted by Crippen LogP contribution is -1.83. The van der Waals surface area contributed by atoms with Crippen molar-refractivity contribution in [3.8, 4) is 5.75 Å². The van der Waals surface area contributed by atoms with E-state index in [4.69, 9.17) is 4.74 Å². The molecule has 4 rings (SSSR count). The van der Waals surface area contributed by atoms with Crippen LogP contribution in [0.15, 0.2) is 66.7 Å². The molecule has 20 heavy (non-hydrogen) atoms. The Morgan fingerprint density at radius 2 is 1.05 bits per heavy atom. The molecule has 0 fully saturated rings. The van der Waals surface area contributed by atoms with Gasteiger partial charge in [0.25, 0.3) is 0 Å². The summed E-state index contributed by atoms with van der Waals surface area (Å²) < 4.78 is 5.30. The van der Waals surface area contributed by atoms with Crippen molar-refractivity contribution in [1.82, 2.24) is 0 Å². The monoisotopic (exact) mass is 258 g/mol. The molecule has 0 aliphatic carbocycles. The van der Waals surface area contributed by atoms with Crippen LogP contribution < -0.4 is 4.74 Å². The summed E-state index contributed by atoms with van der Waals surface area (Å²) in [5.41, 5.74) is 0. The Bertz CT molecular complexity index is 938. The molecule has 1 nitrogen and oxygen atoms in total. The maximum absolute atomic E-state index is 5.30. The molecule has 0 aromatic heterocycles. The van der Waals surface area contributed by atoms with Crippen LogP contribution in [0.4, 0.5) is 0 Å². The first-order valence-electron chi connectivity index (χ1n) is 6.74. The highest BCUT2D eigenvalue weighted by Crippen LogP contribution is 2.29. The summed E-state index contributed by atoms with van der Waals surface area (Å²) in [6.07, 6.45) is 0. The fraction of sp³-hybridized carbons (Fsp3) is 0.0526. The molecule has 1 heteroatoms. The first-order valence-corrected chi connectivity index (χ1v) is 6.74. The zero-order valence-electron chi connectivity index (χ0n) is 11.3. The number of hydrogen-bond acceptors (Lipinski definition) is 1. The fourth-order valence-corrected chi connectivity index (χ4v) is 2.80. The second kappa shape index (κ2) is 4.24. The van der Waals surface area contributed by atoms with Gasteiger partial charge in [-0.05, 0) is 68.7 Å². The van der Waals surface area contributed by atoms with Gasteiger partial charge >= 0.3 is 0 Å². The molecule has 0 bridgehead atoms. The van der Waals surface area contributed by atoms with E-state index in [1.165, 1.54) is 32.3 Å². The second-order valence-electron chi connectivity index (χ2n) is 5.11. The molecule has 0 amide bonds. The summed E-state index contributed by atoms with van der Waals surface area (Å²) in [5, 5.41) is 7.57. The second-order valence-corrected chi connectivity index (χ2v) is 5.11. The quantitative estimate of drug-likeness (QED) is 0.429. The topological polar surface area (TPSA) is 9.23 Å². The minimum atomic E-state index is 0.901. The Balaban J connectivity index is 2.09. The van der Waals surface area contributed by atoms with E-state index in [1.54, 1.807) is 7.11 Å². The van der Waals surface area contributed by atoms with Gasteiger partial charge in [-0.3, -0.25) is 0 Å². The molecule has 0 aliphatic heterocycles. The highest BCUT2D eigenvalue weighted by Gasteiger charge is 2.02. The summed E-state index contributed by atoms with van der Waals surface area (Å²) in [7, 11) is 1.70. The smallest absolute Gasteiger partial charge is 0.119 e. The fourth-order valence-electron chi connectivity index (χ4n) is 2.80. The van der Waals surface area contributed by atoms with Crippen molar-refractivity contribution < 1.29 is 4.74 Å². The number of rotatable bonds is 1. The van der Waals surface area contributed by atoms with Crippen molar-refractivity contribution in [3.63, 3.8) is 0 Å². The van der Waals surface area contributed by atoms with Crippen molar-refractivity contribution in [2.45, 2.75) is 0 Å². The van der Waals surface area contributed by atoms with E-state index in [-0.39, 0.29) is 0 Å². The number of ether oxygens (including phenoxy) is 1. The highest BCUT2D eigenvalue weighted by molar-refractivity contribution is 6.04. The summed E-state index contributed by atoms with van der Waals surface area (Å²) in [6, 6.07) is 23.7. The molecule has 0 spiro atoms.